The van der Waals surface area contributed by atoms with Crippen LogP contribution in [0.1, 0.15) is 29.8 Å². The van der Waals surface area contributed by atoms with Gasteiger partial charge in [0.05, 0.1) is 18.2 Å². The summed E-state index contributed by atoms with van der Waals surface area (Å²) >= 11 is 0. The standard InChI is InChI=1S/C14H19NO3/c1-9-6-5-7-12(13(9)11(3)16)15-14(17)10(2)8-18-4/h5-7,10H,8H2,1-4H3,(H,15,17)/t10-/m0/s1. The van der Waals surface area contributed by atoms with Gasteiger partial charge >= 0.3 is 0 Å². The third-order valence-corrected chi connectivity index (χ3v) is 2.75. The molecule has 0 heterocycles. The van der Waals surface area contributed by atoms with Crippen molar-refractivity contribution in [1.29, 1.82) is 0 Å². The number of carbonyl (C=O) groups excluding carboxylic acids is 2. The minimum atomic E-state index is -0.254. The number of hydrogen-bond acceptors (Lipinski definition) is 3. The second-order valence-corrected chi connectivity index (χ2v) is 4.40. The van der Waals surface area contributed by atoms with Crippen LogP contribution in [-0.4, -0.2) is 25.4 Å². The molecule has 1 amide bonds. The number of carbonyl (C=O) groups is 2. The third-order valence-electron chi connectivity index (χ3n) is 2.75. The highest BCUT2D eigenvalue weighted by Crippen LogP contribution is 2.20. The van der Waals surface area contributed by atoms with Gasteiger partial charge in [-0.1, -0.05) is 19.1 Å². The van der Waals surface area contributed by atoms with Crippen LogP contribution in [-0.2, 0) is 9.53 Å². The molecule has 0 aromatic heterocycles. The molecule has 0 radical (unpaired) electrons. The van der Waals surface area contributed by atoms with Crippen molar-refractivity contribution in [2.75, 3.05) is 19.0 Å². The molecule has 1 atom stereocenters. The Morgan fingerprint density at radius 3 is 2.61 bits per heavy atom. The molecule has 1 aromatic rings. The SMILES string of the molecule is COC[C@H](C)C(=O)Nc1cccc(C)c1C(C)=O. The maximum atomic E-state index is 11.9. The van der Waals surface area contributed by atoms with Gasteiger partial charge in [-0.05, 0) is 25.5 Å². The number of ether oxygens (including phenoxy) is 1. The number of ketones is 1. The normalized spacial score (nSPS) is 12.0. The number of Topliss-reactive ketones (excluding diaryl/α,β-unsaturated/α-hetero) is 1. The number of aryl methyl sites for hydroxylation is 1. The summed E-state index contributed by atoms with van der Waals surface area (Å²) in [4.78, 5) is 23.5. The average molecular weight is 249 g/mol. The molecule has 0 saturated heterocycles. The van der Waals surface area contributed by atoms with E-state index in [9.17, 15) is 9.59 Å². The van der Waals surface area contributed by atoms with Crippen LogP contribution >= 0.6 is 0 Å². The van der Waals surface area contributed by atoms with Crippen molar-refractivity contribution in [2.24, 2.45) is 5.92 Å². The number of anilines is 1. The lowest BCUT2D eigenvalue weighted by atomic mass is 10.0. The van der Waals surface area contributed by atoms with Crippen molar-refractivity contribution in [3.8, 4) is 0 Å². The van der Waals surface area contributed by atoms with E-state index in [2.05, 4.69) is 5.32 Å². The molecule has 1 aromatic carbocycles. The van der Waals surface area contributed by atoms with Crippen LogP contribution in [0.3, 0.4) is 0 Å². The topological polar surface area (TPSA) is 55.4 Å². The van der Waals surface area contributed by atoms with E-state index in [0.717, 1.165) is 5.56 Å². The average Bonchev–Trinajstić information content (AvgIpc) is 2.28. The van der Waals surface area contributed by atoms with Gasteiger partial charge in [-0.2, -0.15) is 0 Å². The van der Waals surface area contributed by atoms with E-state index in [0.29, 0.717) is 17.9 Å². The maximum Gasteiger partial charge on any atom is 0.229 e. The van der Waals surface area contributed by atoms with Crippen LogP contribution in [0.4, 0.5) is 5.69 Å². The number of amides is 1. The monoisotopic (exact) mass is 249 g/mol. The Morgan fingerprint density at radius 1 is 1.39 bits per heavy atom. The second-order valence-electron chi connectivity index (χ2n) is 4.40. The number of benzene rings is 1. The molecule has 1 rings (SSSR count). The highest BCUT2D eigenvalue weighted by Gasteiger charge is 2.16. The van der Waals surface area contributed by atoms with Crippen molar-refractivity contribution in [3.05, 3.63) is 29.3 Å². The molecule has 0 aliphatic heterocycles. The van der Waals surface area contributed by atoms with Gasteiger partial charge in [-0.25, -0.2) is 0 Å². The van der Waals surface area contributed by atoms with Gasteiger partial charge in [0, 0.05) is 12.7 Å². The highest BCUT2D eigenvalue weighted by molar-refractivity contribution is 6.05. The number of hydrogen-bond donors (Lipinski definition) is 1. The summed E-state index contributed by atoms with van der Waals surface area (Å²) in [5.41, 5.74) is 1.99. The predicted molar refractivity (Wildman–Crippen MR) is 70.9 cm³/mol. The van der Waals surface area contributed by atoms with E-state index in [1.165, 1.54) is 6.92 Å². The summed E-state index contributed by atoms with van der Waals surface area (Å²) < 4.78 is 4.94. The molecular formula is C14H19NO3. The third kappa shape index (κ3) is 3.40. The summed E-state index contributed by atoms with van der Waals surface area (Å²) in [6.45, 7) is 5.48. The van der Waals surface area contributed by atoms with Gasteiger partial charge in [0.25, 0.3) is 0 Å². The highest BCUT2D eigenvalue weighted by atomic mass is 16.5. The molecule has 0 aliphatic rings. The summed E-state index contributed by atoms with van der Waals surface area (Å²) in [7, 11) is 1.55. The zero-order valence-electron chi connectivity index (χ0n) is 11.2. The van der Waals surface area contributed by atoms with Crippen molar-refractivity contribution in [3.63, 3.8) is 0 Å². The fraction of sp³-hybridized carbons (Fsp3) is 0.429. The van der Waals surface area contributed by atoms with Gasteiger partial charge in [-0.3, -0.25) is 9.59 Å². The minimum Gasteiger partial charge on any atom is -0.384 e. The van der Waals surface area contributed by atoms with Gasteiger partial charge in [-0.15, -0.1) is 0 Å². The number of methoxy groups -OCH3 is 1. The van der Waals surface area contributed by atoms with Gasteiger partial charge in [0.15, 0.2) is 5.78 Å². The number of rotatable bonds is 5. The van der Waals surface area contributed by atoms with Crippen molar-refractivity contribution in [2.45, 2.75) is 20.8 Å². The molecule has 0 aliphatic carbocycles. The summed E-state index contributed by atoms with van der Waals surface area (Å²) in [5.74, 6) is -0.455. The maximum absolute atomic E-state index is 11.9. The minimum absolute atomic E-state index is 0.0530. The second kappa shape index (κ2) is 6.31. The van der Waals surface area contributed by atoms with E-state index >= 15 is 0 Å². The van der Waals surface area contributed by atoms with Crippen LogP contribution in [0.25, 0.3) is 0 Å². The number of nitrogens with one attached hydrogen (secondary N) is 1. The molecule has 4 heteroatoms. The molecular weight excluding hydrogens is 230 g/mol. The van der Waals surface area contributed by atoms with E-state index < -0.39 is 0 Å². The molecule has 4 nitrogen and oxygen atoms in total. The molecule has 1 N–H and O–H groups in total. The van der Waals surface area contributed by atoms with Crippen molar-refractivity contribution >= 4 is 17.4 Å². The first-order chi connectivity index (χ1) is 8.47. The molecule has 0 unspecified atom stereocenters. The first-order valence-electron chi connectivity index (χ1n) is 5.87. The van der Waals surface area contributed by atoms with Crippen LogP contribution in [0.15, 0.2) is 18.2 Å². The summed E-state index contributed by atoms with van der Waals surface area (Å²) in [6, 6.07) is 5.41. The largest absolute Gasteiger partial charge is 0.384 e. The first kappa shape index (κ1) is 14.4. The molecule has 18 heavy (non-hydrogen) atoms. The van der Waals surface area contributed by atoms with Crippen molar-refractivity contribution in [1.82, 2.24) is 0 Å². The Balaban J connectivity index is 2.94. The lowest BCUT2D eigenvalue weighted by Gasteiger charge is -2.14. The zero-order chi connectivity index (χ0) is 13.7. The quantitative estimate of drug-likeness (QED) is 0.815. The summed E-state index contributed by atoms with van der Waals surface area (Å²) in [5, 5.41) is 2.78. The fourth-order valence-electron chi connectivity index (χ4n) is 1.82. The van der Waals surface area contributed by atoms with Gasteiger partial charge in [0.1, 0.15) is 0 Å². The lowest BCUT2D eigenvalue weighted by molar-refractivity contribution is -0.120. The van der Waals surface area contributed by atoms with Gasteiger partial charge < -0.3 is 10.1 Å². The van der Waals surface area contributed by atoms with E-state index in [1.807, 2.05) is 19.1 Å². The Kier molecular flexibility index (Phi) is 5.04. The Bertz CT molecular complexity index is 454. The van der Waals surface area contributed by atoms with E-state index in [1.54, 1.807) is 20.1 Å². The smallest absolute Gasteiger partial charge is 0.229 e. The van der Waals surface area contributed by atoms with Crippen LogP contribution in [0.5, 0.6) is 0 Å². The predicted octanol–water partition coefficient (Wildman–Crippen LogP) is 2.42. The zero-order valence-corrected chi connectivity index (χ0v) is 11.2. The fourth-order valence-corrected chi connectivity index (χ4v) is 1.82. The van der Waals surface area contributed by atoms with E-state index in [-0.39, 0.29) is 17.6 Å². The Morgan fingerprint density at radius 2 is 2.06 bits per heavy atom. The van der Waals surface area contributed by atoms with Gasteiger partial charge in [0.2, 0.25) is 5.91 Å². The lowest BCUT2D eigenvalue weighted by Crippen LogP contribution is -2.24. The van der Waals surface area contributed by atoms with E-state index in [4.69, 9.17) is 4.74 Å². The summed E-state index contributed by atoms with van der Waals surface area (Å²) in [6.07, 6.45) is 0. The molecule has 0 saturated carbocycles. The van der Waals surface area contributed by atoms with Crippen LogP contribution in [0.2, 0.25) is 0 Å². The van der Waals surface area contributed by atoms with Crippen LogP contribution < -0.4 is 5.32 Å². The molecule has 98 valence electrons. The molecule has 0 spiro atoms. The first-order valence-corrected chi connectivity index (χ1v) is 5.87. The Hall–Kier alpha value is -1.68. The van der Waals surface area contributed by atoms with Crippen molar-refractivity contribution < 1.29 is 14.3 Å². The molecule has 0 bridgehead atoms. The Labute approximate surface area is 107 Å². The van der Waals surface area contributed by atoms with Crippen LogP contribution in [0, 0.1) is 12.8 Å². The molecule has 0 fully saturated rings.